The Morgan fingerprint density at radius 3 is 2.74 bits per heavy atom. The number of H-pyrrole nitrogens is 1. The van der Waals surface area contributed by atoms with Crippen molar-refractivity contribution in [3.05, 3.63) is 43.0 Å². The van der Waals surface area contributed by atoms with E-state index < -0.39 is 0 Å². The lowest BCUT2D eigenvalue weighted by Gasteiger charge is -2.04. The minimum Gasteiger partial charge on any atom is -0.508 e. The number of phenolic OH excluding ortho intramolecular Hbond substituents is 2. The number of nitrogens with one attached hydrogen (secondary N) is 1. The molecule has 8 nitrogen and oxygen atoms in total. The van der Waals surface area contributed by atoms with Crippen LogP contribution in [0, 0.1) is 0 Å². The molecule has 0 bridgehead atoms. The third kappa shape index (κ3) is 2.22. The Kier molecular flexibility index (Phi) is 2.87. The Bertz CT molecular complexity index is 1050. The third-order valence-electron chi connectivity index (χ3n) is 3.40. The first-order chi connectivity index (χ1) is 11.2. The third-order valence-corrected chi connectivity index (χ3v) is 3.40. The first-order valence-corrected chi connectivity index (χ1v) is 6.73. The summed E-state index contributed by atoms with van der Waals surface area (Å²) in [4.78, 5) is 15.0. The van der Waals surface area contributed by atoms with Crippen LogP contribution in [0.25, 0.3) is 21.9 Å². The summed E-state index contributed by atoms with van der Waals surface area (Å²) in [5.41, 5.74) is 1.29. The second-order valence-electron chi connectivity index (χ2n) is 4.84. The van der Waals surface area contributed by atoms with E-state index in [0.717, 1.165) is 5.39 Å². The molecule has 0 atom stereocenters. The van der Waals surface area contributed by atoms with Crippen molar-refractivity contribution in [3.63, 3.8) is 0 Å². The summed E-state index contributed by atoms with van der Waals surface area (Å²) in [6.07, 6.45) is 2.83. The lowest BCUT2D eigenvalue weighted by Crippen LogP contribution is -1.81. The number of aromatic hydroxyl groups is 2. The molecule has 4 aromatic rings. The topological polar surface area (TPSA) is 120 Å². The van der Waals surface area contributed by atoms with E-state index in [-0.39, 0.29) is 17.2 Å². The molecule has 0 aliphatic rings. The summed E-state index contributed by atoms with van der Waals surface area (Å²) in [5, 5.41) is 29.3. The molecular formula is C15H10N6O2. The number of aromatic nitrogens is 4. The molecule has 0 aliphatic carbocycles. The van der Waals surface area contributed by atoms with Crippen molar-refractivity contribution in [1.29, 1.82) is 0 Å². The maximum atomic E-state index is 10.1. The predicted molar refractivity (Wildman–Crippen MR) is 83.1 cm³/mol. The maximum absolute atomic E-state index is 10.1. The highest BCUT2D eigenvalue weighted by Gasteiger charge is 2.09. The second kappa shape index (κ2) is 5.02. The number of phenols is 2. The van der Waals surface area contributed by atoms with Crippen LogP contribution in [0.5, 0.6) is 11.5 Å². The fraction of sp³-hybridized carbons (Fsp3) is 0. The van der Waals surface area contributed by atoms with E-state index in [1.807, 2.05) is 0 Å². The average Bonchev–Trinajstić information content (AvgIpc) is 3.03. The maximum Gasteiger partial charge on any atom is 0.203 e. The Morgan fingerprint density at radius 2 is 1.83 bits per heavy atom. The standard InChI is InChI=1S/C15H10N6O2/c22-9-3-1-8-2-4-11(23)12(10(8)5-9)20-21-15-13-14(17-6-16-13)18-7-19-15/h1-7,22-23H,(H,16,17,18,19). The van der Waals surface area contributed by atoms with Gasteiger partial charge in [0.05, 0.1) is 6.33 Å². The SMILES string of the molecule is Oc1ccc2ccc(O)c(N=Nc3ncnc4nc[nH]c34)c2c1. The zero-order valence-corrected chi connectivity index (χ0v) is 11.7. The minimum absolute atomic E-state index is 0.0400. The minimum atomic E-state index is -0.0400. The predicted octanol–water partition coefficient (Wildman–Crippen LogP) is 3.33. The van der Waals surface area contributed by atoms with Gasteiger partial charge in [0.25, 0.3) is 0 Å². The highest BCUT2D eigenvalue weighted by atomic mass is 16.3. The van der Waals surface area contributed by atoms with Gasteiger partial charge in [-0.2, -0.15) is 0 Å². The molecule has 0 fully saturated rings. The molecule has 0 unspecified atom stereocenters. The highest BCUT2D eigenvalue weighted by Crippen LogP contribution is 2.37. The number of rotatable bonds is 2. The lowest BCUT2D eigenvalue weighted by atomic mass is 10.1. The van der Waals surface area contributed by atoms with Gasteiger partial charge in [0, 0.05) is 5.39 Å². The van der Waals surface area contributed by atoms with Gasteiger partial charge in [0.15, 0.2) is 5.65 Å². The van der Waals surface area contributed by atoms with Gasteiger partial charge in [-0.15, -0.1) is 10.2 Å². The summed E-state index contributed by atoms with van der Waals surface area (Å²) in [7, 11) is 0. The van der Waals surface area contributed by atoms with Crippen molar-refractivity contribution < 1.29 is 10.2 Å². The molecule has 112 valence electrons. The molecule has 0 amide bonds. The number of fused-ring (bicyclic) bond motifs is 2. The van der Waals surface area contributed by atoms with E-state index in [0.29, 0.717) is 22.4 Å². The number of nitrogens with zero attached hydrogens (tertiary/aromatic N) is 5. The summed E-state index contributed by atoms with van der Waals surface area (Å²) >= 11 is 0. The van der Waals surface area contributed by atoms with Crippen LogP contribution in [-0.4, -0.2) is 30.1 Å². The van der Waals surface area contributed by atoms with Gasteiger partial charge in [0.2, 0.25) is 5.82 Å². The molecule has 0 spiro atoms. The number of benzene rings is 2. The molecule has 2 heterocycles. The second-order valence-corrected chi connectivity index (χ2v) is 4.84. The van der Waals surface area contributed by atoms with E-state index in [4.69, 9.17) is 0 Å². The van der Waals surface area contributed by atoms with Gasteiger partial charge < -0.3 is 15.2 Å². The summed E-state index contributed by atoms with van der Waals surface area (Å²) in [6, 6.07) is 8.09. The fourth-order valence-electron chi connectivity index (χ4n) is 2.31. The van der Waals surface area contributed by atoms with E-state index >= 15 is 0 Å². The number of imidazole rings is 1. The molecule has 0 aliphatic heterocycles. The van der Waals surface area contributed by atoms with E-state index in [2.05, 4.69) is 30.2 Å². The molecule has 8 heteroatoms. The van der Waals surface area contributed by atoms with Crippen molar-refractivity contribution in [3.8, 4) is 11.5 Å². The van der Waals surface area contributed by atoms with Gasteiger partial charge >= 0.3 is 0 Å². The number of azo groups is 1. The first kappa shape index (κ1) is 13.1. The Balaban J connectivity index is 1.88. The van der Waals surface area contributed by atoms with Gasteiger partial charge in [0.1, 0.15) is 29.0 Å². The first-order valence-electron chi connectivity index (χ1n) is 6.73. The molecule has 0 radical (unpaired) electrons. The quantitative estimate of drug-likeness (QED) is 0.491. The largest absolute Gasteiger partial charge is 0.508 e. The van der Waals surface area contributed by atoms with Crippen molar-refractivity contribution in [2.24, 2.45) is 10.2 Å². The Labute approximate surface area is 129 Å². The number of hydrogen-bond acceptors (Lipinski definition) is 7. The molecule has 2 aromatic carbocycles. The molecule has 0 saturated carbocycles. The van der Waals surface area contributed by atoms with Crippen molar-refractivity contribution in [2.75, 3.05) is 0 Å². The molecule has 23 heavy (non-hydrogen) atoms. The number of hydrogen-bond donors (Lipinski definition) is 3. The van der Waals surface area contributed by atoms with E-state index in [9.17, 15) is 10.2 Å². The van der Waals surface area contributed by atoms with E-state index in [1.165, 1.54) is 24.8 Å². The lowest BCUT2D eigenvalue weighted by molar-refractivity contribution is 0.475. The Morgan fingerprint density at radius 1 is 0.957 bits per heavy atom. The van der Waals surface area contributed by atoms with Crippen molar-refractivity contribution in [2.45, 2.75) is 0 Å². The van der Waals surface area contributed by atoms with Crippen LogP contribution in [0.1, 0.15) is 0 Å². The molecule has 3 N–H and O–H groups in total. The van der Waals surface area contributed by atoms with Gasteiger partial charge in [-0.25, -0.2) is 15.0 Å². The summed E-state index contributed by atoms with van der Waals surface area (Å²) < 4.78 is 0. The van der Waals surface area contributed by atoms with Crippen molar-refractivity contribution >= 4 is 33.4 Å². The van der Waals surface area contributed by atoms with Crippen LogP contribution < -0.4 is 0 Å². The zero-order valence-electron chi connectivity index (χ0n) is 11.7. The highest BCUT2D eigenvalue weighted by molar-refractivity contribution is 5.96. The van der Waals surface area contributed by atoms with Crippen molar-refractivity contribution in [1.82, 2.24) is 19.9 Å². The van der Waals surface area contributed by atoms with Crippen LogP contribution in [0.2, 0.25) is 0 Å². The summed E-state index contributed by atoms with van der Waals surface area (Å²) in [6.45, 7) is 0. The zero-order chi connectivity index (χ0) is 15.8. The van der Waals surface area contributed by atoms with Crippen LogP contribution >= 0.6 is 0 Å². The van der Waals surface area contributed by atoms with Crippen LogP contribution in [0.15, 0.2) is 53.2 Å². The van der Waals surface area contributed by atoms with Crippen LogP contribution in [-0.2, 0) is 0 Å². The molecule has 4 rings (SSSR count). The summed E-state index contributed by atoms with van der Waals surface area (Å²) in [5.74, 6) is 0.350. The van der Waals surface area contributed by atoms with Crippen LogP contribution in [0.4, 0.5) is 11.5 Å². The number of aromatic amines is 1. The molecular weight excluding hydrogens is 296 g/mol. The Hall–Kier alpha value is -3.55. The molecule has 0 saturated heterocycles. The average molecular weight is 306 g/mol. The van der Waals surface area contributed by atoms with E-state index in [1.54, 1.807) is 18.2 Å². The van der Waals surface area contributed by atoms with Gasteiger partial charge in [-0.05, 0) is 23.6 Å². The molecule has 2 aromatic heterocycles. The van der Waals surface area contributed by atoms with Gasteiger partial charge in [-0.1, -0.05) is 12.1 Å². The van der Waals surface area contributed by atoms with Gasteiger partial charge in [-0.3, -0.25) is 0 Å². The van der Waals surface area contributed by atoms with Crippen LogP contribution in [0.3, 0.4) is 0 Å². The fourth-order valence-corrected chi connectivity index (χ4v) is 2.31. The monoisotopic (exact) mass is 306 g/mol. The normalized spacial score (nSPS) is 11.7. The smallest absolute Gasteiger partial charge is 0.203 e.